The van der Waals surface area contributed by atoms with Crippen LogP contribution < -0.4 is 4.72 Å². The highest BCUT2D eigenvalue weighted by Crippen LogP contribution is 2.12. The first-order valence-electron chi connectivity index (χ1n) is 6.07. The Balaban J connectivity index is 2.79. The molecule has 1 aromatic carbocycles. The number of carbonyl (C=O) groups is 1. The number of hydrogen-bond acceptors (Lipinski definition) is 5. The number of nitrogens with zero attached hydrogens (tertiary/aromatic N) is 1. The third kappa shape index (κ3) is 4.64. The van der Waals surface area contributed by atoms with Crippen LogP contribution in [0.15, 0.2) is 29.2 Å². The van der Waals surface area contributed by atoms with E-state index in [1.54, 1.807) is 13.8 Å². The highest BCUT2D eigenvalue weighted by molar-refractivity contribution is 7.89. The van der Waals surface area contributed by atoms with Crippen molar-refractivity contribution in [2.75, 3.05) is 6.61 Å². The highest BCUT2D eigenvalue weighted by atomic mass is 32.2. The van der Waals surface area contributed by atoms with Gasteiger partial charge in [-0.2, -0.15) is 5.26 Å². The lowest BCUT2D eigenvalue weighted by Gasteiger charge is -2.13. The van der Waals surface area contributed by atoms with Crippen molar-refractivity contribution in [3.8, 4) is 6.07 Å². The molecule has 108 valence electrons. The molecule has 1 N–H and O–H groups in total. The van der Waals surface area contributed by atoms with E-state index in [-0.39, 0.29) is 23.5 Å². The summed E-state index contributed by atoms with van der Waals surface area (Å²) in [5.41, 5.74) is 0.255. The van der Waals surface area contributed by atoms with E-state index in [4.69, 9.17) is 10.00 Å². The Morgan fingerprint density at radius 2 is 2.20 bits per heavy atom. The first-order valence-corrected chi connectivity index (χ1v) is 7.55. The minimum atomic E-state index is -3.76. The van der Waals surface area contributed by atoms with E-state index in [0.29, 0.717) is 0 Å². The molecule has 0 bridgehead atoms. The molecule has 0 spiro atoms. The summed E-state index contributed by atoms with van der Waals surface area (Å²) in [4.78, 5) is 11.3. The van der Waals surface area contributed by atoms with E-state index in [2.05, 4.69) is 4.72 Å². The van der Waals surface area contributed by atoms with Gasteiger partial charge in [0, 0.05) is 6.04 Å². The number of sulfonamides is 1. The van der Waals surface area contributed by atoms with Crippen molar-refractivity contribution in [2.45, 2.75) is 31.2 Å². The predicted octanol–water partition coefficient (Wildman–Crippen LogP) is 1.18. The molecule has 6 nitrogen and oxygen atoms in total. The molecule has 0 aliphatic heterocycles. The predicted molar refractivity (Wildman–Crippen MR) is 72.2 cm³/mol. The quantitative estimate of drug-likeness (QED) is 0.795. The van der Waals surface area contributed by atoms with Crippen LogP contribution in [0.3, 0.4) is 0 Å². The molecular formula is C13H16N2O4S. The van der Waals surface area contributed by atoms with Gasteiger partial charge in [-0.1, -0.05) is 6.07 Å². The van der Waals surface area contributed by atoms with Crippen LogP contribution in [-0.4, -0.2) is 27.0 Å². The van der Waals surface area contributed by atoms with Gasteiger partial charge in [-0.05, 0) is 32.0 Å². The van der Waals surface area contributed by atoms with Gasteiger partial charge in [0.15, 0.2) is 0 Å². The zero-order valence-corrected chi connectivity index (χ0v) is 12.1. The molecule has 7 heteroatoms. The van der Waals surface area contributed by atoms with Gasteiger partial charge in [0.1, 0.15) is 0 Å². The lowest BCUT2D eigenvalue weighted by Crippen LogP contribution is -2.34. The average Bonchev–Trinajstić information content (AvgIpc) is 2.38. The van der Waals surface area contributed by atoms with Gasteiger partial charge < -0.3 is 4.74 Å². The van der Waals surface area contributed by atoms with Gasteiger partial charge in [0.2, 0.25) is 10.0 Å². The van der Waals surface area contributed by atoms with Crippen LogP contribution in [0, 0.1) is 11.3 Å². The summed E-state index contributed by atoms with van der Waals surface area (Å²) in [6.45, 7) is 3.51. The van der Waals surface area contributed by atoms with E-state index in [9.17, 15) is 13.2 Å². The van der Waals surface area contributed by atoms with Gasteiger partial charge >= 0.3 is 5.97 Å². The molecule has 0 saturated heterocycles. The fourth-order valence-electron chi connectivity index (χ4n) is 1.58. The van der Waals surface area contributed by atoms with Crippen LogP contribution in [0.25, 0.3) is 0 Å². The molecule has 1 aromatic rings. The van der Waals surface area contributed by atoms with Crippen LogP contribution >= 0.6 is 0 Å². The van der Waals surface area contributed by atoms with Gasteiger partial charge in [0.25, 0.3) is 0 Å². The maximum atomic E-state index is 12.1. The molecule has 0 amide bonds. The zero-order valence-electron chi connectivity index (χ0n) is 11.3. The first-order chi connectivity index (χ1) is 9.39. The van der Waals surface area contributed by atoms with Crippen LogP contribution in [0.2, 0.25) is 0 Å². The summed E-state index contributed by atoms with van der Waals surface area (Å²) in [6, 6.07) is 6.95. The Morgan fingerprint density at radius 1 is 1.50 bits per heavy atom. The molecule has 1 atom stereocenters. The van der Waals surface area contributed by atoms with Crippen molar-refractivity contribution in [2.24, 2.45) is 0 Å². The summed E-state index contributed by atoms with van der Waals surface area (Å²) < 4.78 is 31.3. The lowest BCUT2D eigenvalue weighted by atomic mass is 10.2. The van der Waals surface area contributed by atoms with Crippen molar-refractivity contribution < 1.29 is 17.9 Å². The molecule has 0 aliphatic rings. The maximum absolute atomic E-state index is 12.1. The lowest BCUT2D eigenvalue weighted by molar-refractivity contribution is -0.143. The molecule has 1 rings (SSSR count). The van der Waals surface area contributed by atoms with Crippen molar-refractivity contribution in [1.29, 1.82) is 5.26 Å². The first kappa shape index (κ1) is 16.1. The summed E-state index contributed by atoms with van der Waals surface area (Å²) in [7, 11) is -3.76. The zero-order chi connectivity index (χ0) is 15.2. The number of benzene rings is 1. The number of hydrogen-bond donors (Lipinski definition) is 1. The fourth-order valence-corrected chi connectivity index (χ4v) is 2.87. The number of esters is 1. The number of carbonyl (C=O) groups excluding carboxylic acids is 1. The SMILES string of the molecule is CCOC(=O)CC(C)NS(=O)(=O)c1cccc(C#N)c1. The molecule has 1 unspecified atom stereocenters. The van der Waals surface area contributed by atoms with E-state index in [0.717, 1.165) is 0 Å². The van der Waals surface area contributed by atoms with E-state index >= 15 is 0 Å². The second-order valence-corrected chi connectivity index (χ2v) is 5.89. The molecule has 0 heterocycles. The number of rotatable bonds is 6. The molecule has 20 heavy (non-hydrogen) atoms. The van der Waals surface area contributed by atoms with Crippen molar-refractivity contribution in [1.82, 2.24) is 4.72 Å². The summed E-state index contributed by atoms with van der Waals surface area (Å²) in [6.07, 6.45) is -0.0506. The van der Waals surface area contributed by atoms with Crippen LogP contribution in [0.4, 0.5) is 0 Å². The van der Waals surface area contributed by atoms with E-state index < -0.39 is 22.0 Å². The second kappa shape index (κ2) is 7.03. The Labute approximate surface area is 118 Å². The number of ether oxygens (including phenoxy) is 1. The monoisotopic (exact) mass is 296 g/mol. The Hall–Kier alpha value is -1.91. The largest absolute Gasteiger partial charge is 0.466 e. The Morgan fingerprint density at radius 3 is 2.80 bits per heavy atom. The fraction of sp³-hybridized carbons (Fsp3) is 0.385. The topological polar surface area (TPSA) is 96.3 Å². The number of nitrogens with one attached hydrogen (secondary N) is 1. The molecule has 0 radical (unpaired) electrons. The van der Waals surface area contributed by atoms with Gasteiger partial charge in [-0.3, -0.25) is 4.79 Å². The van der Waals surface area contributed by atoms with Crippen molar-refractivity contribution >= 4 is 16.0 Å². The molecular weight excluding hydrogens is 280 g/mol. The highest BCUT2D eigenvalue weighted by Gasteiger charge is 2.19. The minimum absolute atomic E-state index is 0.00717. The third-order valence-electron chi connectivity index (χ3n) is 2.41. The van der Waals surface area contributed by atoms with Crippen molar-refractivity contribution in [3.63, 3.8) is 0 Å². The maximum Gasteiger partial charge on any atom is 0.307 e. The van der Waals surface area contributed by atoms with E-state index in [1.807, 2.05) is 6.07 Å². The summed E-state index contributed by atoms with van der Waals surface area (Å²) >= 11 is 0. The van der Waals surface area contributed by atoms with Gasteiger partial charge in [-0.15, -0.1) is 0 Å². The summed E-state index contributed by atoms with van der Waals surface area (Å²) in [5.74, 6) is -0.464. The Bertz CT molecular complexity index is 620. The minimum Gasteiger partial charge on any atom is -0.466 e. The average molecular weight is 296 g/mol. The standard InChI is InChI=1S/C13H16N2O4S/c1-3-19-13(16)7-10(2)15-20(17,18)12-6-4-5-11(8-12)9-14/h4-6,8,10,15H,3,7H2,1-2H3. The van der Waals surface area contributed by atoms with Crippen LogP contribution in [-0.2, 0) is 19.6 Å². The van der Waals surface area contributed by atoms with Crippen LogP contribution in [0.1, 0.15) is 25.8 Å². The van der Waals surface area contributed by atoms with Gasteiger partial charge in [-0.25, -0.2) is 13.1 Å². The third-order valence-corrected chi connectivity index (χ3v) is 4.00. The molecule has 0 fully saturated rings. The van der Waals surface area contributed by atoms with Crippen molar-refractivity contribution in [3.05, 3.63) is 29.8 Å². The second-order valence-electron chi connectivity index (χ2n) is 4.17. The normalized spacial score (nSPS) is 12.4. The van der Waals surface area contributed by atoms with E-state index in [1.165, 1.54) is 24.3 Å². The Kier molecular flexibility index (Phi) is 5.67. The molecule has 0 saturated carbocycles. The number of nitriles is 1. The van der Waals surface area contributed by atoms with Crippen LogP contribution in [0.5, 0.6) is 0 Å². The smallest absolute Gasteiger partial charge is 0.307 e. The summed E-state index contributed by atoms with van der Waals surface area (Å²) in [5, 5.41) is 8.76. The van der Waals surface area contributed by atoms with Gasteiger partial charge in [0.05, 0.1) is 29.6 Å². The molecule has 0 aliphatic carbocycles. The molecule has 0 aromatic heterocycles.